The summed E-state index contributed by atoms with van der Waals surface area (Å²) < 4.78 is 16.7. The fraction of sp³-hybridized carbons (Fsp3) is 0.185. The van der Waals surface area contributed by atoms with E-state index < -0.39 is 0 Å². The zero-order chi connectivity index (χ0) is 24.8. The van der Waals surface area contributed by atoms with Crippen LogP contribution in [0.5, 0.6) is 0 Å². The Labute approximate surface area is 205 Å². The highest BCUT2D eigenvalue weighted by Crippen LogP contribution is 2.34. The van der Waals surface area contributed by atoms with Gasteiger partial charge in [0.15, 0.2) is 5.82 Å². The Morgan fingerprint density at radius 3 is 2.67 bits per heavy atom. The standard InChI is InChI=1S/C27H23FN6O2/c1-32-26(36)20-6-2-3-9-23(20)34-24(30-31-27(32)34)16-33-15-5-7-19-21(8-4-10-22(19)33)29-25(35)17-11-13-18(28)14-12-17/h2-4,6,8-14H,5,7,15-16H2,1H3,(H,29,35). The van der Waals surface area contributed by atoms with Crippen molar-refractivity contribution in [3.63, 3.8) is 0 Å². The Morgan fingerprint density at radius 2 is 1.83 bits per heavy atom. The second kappa shape index (κ2) is 8.60. The molecule has 0 spiro atoms. The second-order valence-corrected chi connectivity index (χ2v) is 8.92. The van der Waals surface area contributed by atoms with Crippen molar-refractivity contribution >= 4 is 34.0 Å². The number of benzene rings is 3. The molecule has 5 aromatic rings. The summed E-state index contributed by atoms with van der Waals surface area (Å²) in [4.78, 5) is 27.8. The summed E-state index contributed by atoms with van der Waals surface area (Å²) in [5, 5.41) is 12.4. The van der Waals surface area contributed by atoms with E-state index >= 15 is 0 Å². The van der Waals surface area contributed by atoms with Gasteiger partial charge in [0.1, 0.15) is 5.82 Å². The lowest BCUT2D eigenvalue weighted by atomic mass is 9.99. The molecule has 8 nitrogen and oxygen atoms in total. The number of anilines is 2. The number of hydrogen-bond acceptors (Lipinski definition) is 5. The van der Waals surface area contributed by atoms with Crippen LogP contribution in [0.4, 0.5) is 15.8 Å². The number of carbonyl (C=O) groups excluding carboxylic acids is 1. The summed E-state index contributed by atoms with van der Waals surface area (Å²) in [6.45, 7) is 1.31. The first-order chi connectivity index (χ1) is 17.5. The lowest BCUT2D eigenvalue weighted by molar-refractivity contribution is 0.102. The number of rotatable bonds is 4. The molecule has 2 aromatic heterocycles. The van der Waals surface area contributed by atoms with E-state index in [-0.39, 0.29) is 17.3 Å². The fourth-order valence-corrected chi connectivity index (χ4v) is 4.94. The van der Waals surface area contributed by atoms with E-state index in [4.69, 9.17) is 0 Å². The van der Waals surface area contributed by atoms with Gasteiger partial charge in [-0.2, -0.15) is 0 Å². The van der Waals surface area contributed by atoms with Gasteiger partial charge in [-0.1, -0.05) is 18.2 Å². The number of carbonyl (C=O) groups is 1. The molecule has 3 heterocycles. The van der Waals surface area contributed by atoms with Gasteiger partial charge in [-0.05, 0) is 66.9 Å². The minimum Gasteiger partial charge on any atom is -0.364 e. The molecule has 9 heteroatoms. The summed E-state index contributed by atoms with van der Waals surface area (Å²) in [5.41, 5.74) is 3.86. The Balaban J connectivity index is 1.36. The zero-order valence-corrected chi connectivity index (χ0v) is 19.6. The maximum atomic E-state index is 13.3. The van der Waals surface area contributed by atoms with Crippen molar-refractivity contribution in [2.24, 2.45) is 7.05 Å². The van der Waals surface area contributed by atoms with E-state index in [1.54, 1.807) is 7.05 Å². The minimum atomic E-state index is -0.381. The first kappa shape index (κ1) is 22.0. The van der Waals surface area contributed by atoms with Gasteiger partial charge in [0, 0.05) is 30.5 Å². The van der Waals surface area contributed by atoms with E-state index in [9.17, 15) is 14.0 Å². The molecule has 0 aliphatic carbocycles. The summed E-state index contributed by atoms with van der Waals surface area (Å²) in [7, 11) is 1.70. The Morgan fingerprint density at radius 1 is 1.03 bits per heavy atom. The summed E-state index contributed by atoms with van der Waals surface area (Å²) >= 11 is 0. The molecule has 0 unspecified atom stereocenters. The highest BCUT2D eigenvalue weighted by atomic mass is 19.1. The molecule has 0 radical (unpaired) electrons. The zero-order valence-electron chi connectivity index (χ0n) is 19.6. The average Bonchev–Trinajstić information content (AvgIpc) is 3.32. The molecule has 1 N–H and O–H groups in total. The Hall–Kier alpha value is -4.53. The maximum absolute atomic E-state index is 13.3. The number of halogens is 1. The third-order valence-electron chi connectivity index (χ3n) is 6.73. The second-order valence-electron chi connectivity index (χ2n) is 8.92. The molecule has 1 aliphatic rings. The van der Waals surface area contributed by atoms with Crippen LogP contribution >= 0.6 is 0 Å². The lowest BCUT2D eigenvalue weighted by Crippen LogP contribution is -2.30. The number of hydrogen-bond donors (Lipinski definition) is 1. The predicted molar refractivity (Wildman–Crippen MR) is 136 cm³/mol. The van der Waals surface area contributed by atoms with Crippen molar-refractivity contribution in [1.82, 2.24) is 19.2 Å². The van der Waals surface area contributed by atoms with Crippen LogP contribution < -0.4 is 15.8 Å². The molecular formula is C27H23FN6O2. The van der Waals surface area contributed by atoms with Gasteiger partial charge < -0.3 is 10.2 Å². The molecule has 0 saturated heterocycles. The third kappa shape index (κ3) is 3.60. The lowest BCUT2D eigenvalue weighted by Gasteiger charge is -2.32. The number of aromatic nitrogens is 4. The number of nitrogens with one attached hydrogen (secondary N) is 1. The number of amides is 1. The van der Waals surface area contributed by atoms with E-state index in [1.807, 2.05) is 46.9 Å². The molecule has 1 aliphatic heterocycles. The molecule has 36 heavy (non-hydrogen) atoms. The van der Waals surface area contributed by atoms with Crippen LogP contribution in [0.1, 0.15) is 28.2 Å². The summed E-state index contributed by atoms with van der Waals surface area (Å²) in [6.07, 6.45) is 1.73. The number of aryl methyl sites for hydroxylation is 1. The molecule has 0 bridgehead atoms. The number of para-hydroxylation sites is 1. The number of nitrogens with zero attached hydrogens (tertiary/aromatic N) is 5. The minimum absolute atomic E-state index is 0.109. The average molecular weight is 483 g/mol. The van der Waals surface area contributed by atoms with Crippen molar-refractivity contribution in [2.45, 2.75) is 19.4 Å². The van der Waals surface area contributed by atoms with E-state index in [1.165, 1.54) is 28.8 Å². The van der Waals surface area contributed by atoms with Crippen LogP contribution in [0.15, 0.2) is 71.5 Å². The van der Waals surface area contributed by atoms with E-state index in [0.29, 0.717) is 23.3 Å². The molecule has 3 aromatic carbocycles. The van der Waals surface area contributed by atoms with Gasteiger partial charge in [-0.25, -0.2) is 4.39 Å². The molecule has 1 amide bonds. The predicted octanol–water partition coefficient (Wildman–Crippen LogP) is 3.93. The number of fused-ring (bicyclic) bond motifs is 4. The quantitative estimate of drug-likeness (QED) is 0.420. The Kier molecular flexibility index (Phi) is 5.25. The fourth-order valence-electron chi connectivity index (χ4n) is 4.94. The van der Waals surface area contributed by atoms with Gasteiger partial charge in [-0.3, -0.25) is 18.6 Å². The van der Waals surface area contributed by atoms with Crippen molar-refractivity contribution in [1.29, 1.82) is 0 Å². The molecule has 0 fully saturated rings. The molecule has 0 saturated carbocycles. The third-order valence-corrected chi connectivity index (χ3v) is 6.73. The highest BCUT2D eigenvalue weighted by Gasteiger charge is 2.23. The largest absolute Gasteiger partial charge is 0.364 e. The normalized spacial score (nSPS) is 13.2. The first-order valence-corrected chi connectivity index (χ1v) is 11.8. The molecule has 6 rings (SSSR count). The van der Waals surface area contributed by atoms with Gasteiger partial charge in [0.2, 0.25) is 5.78 Å². The molecule has 180 valence electrons. The van der Waals surface area contributed by atoms with Crippen molar-refractivity contribution in [3.8, 4) is 0 Å². The maximum Gasteiger partial charge on any atom is 0.262 e. The SMILES string of the molecule is Cn1c(=O)c2ccccc2n2c(CN3CCCc4c(NC(=O)c5ccc(F)cc5)cccc43)nnc12. The van der Waals surface area contributed by atoms with E-state index in [0.717, 1.165) is 47.7 Å². The van der Waals surface area contributed by atoms with Gasteiger partial charge in [0.05, 0.1) is 17.4 Å². The van der Waals surface area contributed by atoms with Gasteiger partial charge >= 0.3 is 0 Å². The monoisotopic (exact) mass is 482 g/mol. The molecule has 0 atom stereocenters. The van der Waals surface area contributed by atoms with Gasteiger partial charge in [0.25, 0.3) is 11.5 Å². The molecular weight excluding hydrogens is 459 g/mol. The van der Waals surface area contributed by atoms with Crippen molar-refractivity contribution < 1.29 is 9.18 Å². The van der Waals surface area contributed by atoms with Crippen LogP contribution in [0.2, 0.25) is 0 Å². The van der Waals surface area contributed by atoms with Crippen LogP contribution in [0.3, 0.4) is 0 Å². The van der Waals surface area contributed by atoms with Crippen molar-refractivity contribution in [3.05, 3.63) is 99.9 Å². The van der Waals surface area contributed by atoms with E-state index in [2.05, 4.69) is 20.4 Å². The topological polar surface area (TPSA) is 84.5 Å². The first-order valence-electron chi connectivity index (χ1n) is 11.8. The van der Waals surface area contributed by atoms with Crippen LogP contribution in [0.25, 0.3) is 16.7 Å². The summed E-state index contributed by atoms with van der Waals surface area (Å²) in [6, 6.07) is 18.8. The van der Waals surface area contributed by atoms with Gasteiger partial charge in [-0.15, -0.1) is 10.2 Å². The smallest absolute Gasteiger partial charge is 0.262 e. The van der Waals surface area contributed by atoms with Crippen LogP contribution in [0, 0.1) is 5.82 Å². The van der Waals surface area contributed by atoms with Crippen LogP contribution in [-0.4, -0.2) is 31.6 Å². The Bertz CT molecular complexity index is 1690. The van der Waals surface area contributed by atoms with Crippen LogP contribution in [-0.2, 0) is 20.0 Å². The summed E-state index contributed by atoms with van der Waals surface area (Å²) in [5.74, 6) is 0.557. The highest BCUT2D eigenvalue weighted by molar-refractivity contribution is 6.05. The van der Waals surface area contributed by atoms with Crippen molar-refractivity contribution in [2.75, 3.05) is 16.8 Å².